The highest BCUT2D eigenvalue weighted by molar-refractivity contribution is 9.10. The lowest BCUT2D eigenvalue weighted by molar-refractivity contribution is 0.132. The molecule has 0 atom stereocenters. The first-order valence-electron chi connectivity index (χ1n) is 8.49. The molecule has 5 heteroatoms. The second kappa shape index (κ2) is 9.78. The molecule has 0 aliphatic carbocycles. The summed E-state index contributed by atoms with van der Waals surface area (Å²) in [7, 11) is 1.62. The molecule has 0 saturated heterocycles. The average Bonchev–Trinajstić information content (AvgIpc) is 2.72. The van der Waals surface area contributed by atoms with E-state index in [-0.39, 0.29) is 0 Å². The van der Waals surface area contributed by atoms with Gasteiger partial charge in [0, 0.05) is 10.0 Å². The predicted octanol–water partition coefficient (Wildman–Crippen LogP) is 5.59. The van der Waals surface area contributed by atoms with Gasteiger partial charge in [0.2, 0.25) is 0 Å². The molecule has 0 spiro atoms. The summed E-state index contributed by atoms with van der Waals surface area (Å²) in [4.78, 5) is 5.37. The Morgan fingerprint density at radius 1 is 0.852 bits per heavy atom. The molecule has 0 saturated carbocycles. The zero-order chi connectivity index (χ0) is 18.9. The molecule has 0 aliphatic heterocycles. The summed E-state index contributed by atoms with van der Waals surface area (Å²) in [6, 6.07) is 23.6. The largest absolute Gasteiger partial charge is 0.493 e. The maximum atomic E-state index is 5.91. The zero-order valence-corrected chi connectivity index (χ0v) is 16.6. The Labute approximate surface area is 167 Å². The molecule has 0 N–H and O–H groups in total. The molecule has 3 rings (SSSR count). The smallest absolute Gasteiger partial charge is 0.162 e. The molecule has 0 radical (unpaired) electrons. The molecular weight excluding hydrogens is 406 g/mol. The molecule has 0 heterocycles. The third-order valence-corrected chi connectivity index (χ3v) is 4.37. The highest BCUT2D eigenvalue weighted by Gasteiger charge is 2.06. The van der Waals surface area contributed by atoms with Crippen molar-refractivity contribution in [3.63, 3.8) is 0 Å². The fraction of sp³-hybridized carbons (Fsp3) is 0.136. The maximum Gasteiger partial charge on any atom is 0.162 e. The SMILES string of the molecule is COc1ccc(C=NOCc2ccc(Br)cc2)cc1OCc1ccccc1. The van der Waals surface area contributed by atoms with E-state index < -0.39 is 0 Å². The summed E-state index contributed by atoms with van der Waals surface area (Å²) in [6.07, 6.45) is 1.66. The molecule has 0 bridgehead atoms. The molecule has 27 heavy (non-hydrogen) atoms. The van der Waals surface area contributed by atoms with E-state index in [0.717, 1.165) is 21.2 Å². The number of hydrogen-bond donors (Lipinski definition) is 0. The third kappa shape index (κ3) is 5.86. The highest BCUT2D eigenvalue weighted by Crippen LogP contribution is 2.28. The molecule has 0 amide bonds. The number of ether oxygens (including phenoxy) is 2. The van der Waals surface area contributed by atoms with Gasteiger partial charge in [0.25, 0.3) is 0 Å². The van der Waals surface area contributed by atoms with Crippen molar-refractivity contribution < 1.29 is 14.3 Å². The van der Waals surface area contributed by atoms with Crippen LogP contribution >= 0.6 is 15.9 Å². The summed E-state index contributed by atoms with van der Waals surface area (Å²) in [6.45, 7) is 0.884. The maximum absolute atomic E-state index is 5.91. The van der Waals surface area contributed by atoms with E-state index in [1.807, 2.05) is 72.8 Å². The quantitative estimate of drug-likeness (QED) is 0.348. The zero-order valence-electron chi connectivity index (χ0n) is 15.0. The van der Waals surface area contributed by atoms with Crippen LogP contribution in [0, 0.1) is 0 Å². The molecule has 0 aliphatic rings. The first-order valence-corrected chi connectivity index (χ1v) is 9.28. The van der Waals surface area contributed by atoms with E-state index in [4.69, 9.17) is 14.3 Å². The number of benzene rings is 3. The van der Waals surface area contributed by atoms with Crippen LogP contribution in [0.15, 0.2) is 82.4 Å². The van der Waals surface area contributed by atoms with E-state index in [1.165, 1.54) is 0 Å². The number of methoxy groups -OCH3 is 1. The molecule has 4 nitrogen and oxygen atoms in total. The minimum Gasteiger partial charge on any atom is -0.493 e. The summed E-state index contributed by atoms with van der Waals surface area (Å²) in [5.74, 6) is 1.34. The van der Waals surface area contributed by atoms with Crippen LogP contribution in [0.5, 0.6) is 11.5 Å². The van der Waals surface area contributed by atoms with Gasteiger partial charge in [0.15, 0.2) is 11.5 Å². The van der Waals surface area contributed by atoms with Crippen molar-refractivity contribution in [2.24, 2.45) is 5.16 Å². The topological polar surface area (TPSA) is 40.0 Å². The Kier molecular flexibility index (Phi) is 6.88. The molecule has 138 valence electrons. The molecule has 0 aromatic heterocycles. The van der Waals surface area contributed by atoms with E-state index in [2.05, 4.69) is 21.1 Å². The van der Waals surface area contributed by atoms with Gasteiger partial charge in [-0.2, -0.15) is 0 Å². The van der Waals surface area contributed by atoms with Gasteiger partial charge in [-0.3, -0.25) is 0 Å². The minimum absolute atomic E-state index is 0.414. The molecule has 0 fully saturated rings. The molecule has 3 aromatic rings. The standard InChI is InChI=1S/C22H20BrNO3/c1-25-21-12-9-19(13-22(21)26-15-17-5-3-2-4-6-17)14-24-27-16-18-7-10-20(23)11-8-18/h2-14H,15-16H2,1H3. The number of rotatable bonds is 8. The van der Waals surface area contributed by atoms with Gasteiger partial charge >= 0.3 is 0 Å². The van der Waals surface area contributed by atoms with Crippen molar-refractivity contribution in [3.05, 3.63) is 94.0 Å². The number of hydrogen-bond acceptors (Lipinski definition) is 4. The summed E-state index contributed by atoms with van der Waals surface area (Å²) < 4.78 is 12.3. The summed E-state index contributed by atoms with van der Waals surface area (Å²) >= 11 is 3.41. The van der Waals surface area contributed by atoms with Gasteiger partial charge < -0.3 is 14.3 Å². The third-order valence-electron chi connectivity index (χ3n) is 3.85. The Bertz CT molecular complexity index is 880. The predicted molar refractivity (Wildman–Crippen MR) is 110 cm³/mol. The fourth-order valence-corrected chi connectivity index (χ4v) is 2.68. The normalized spacial score (nSPS) is 10.7. The average molecular weight is 426 g/mol. The minimum atomic E-state index is 0.414. The molecule has 0 unspecified atom stereocenters. The number of halogens is 1. The van der Waals surface area contributed by atoms with Crippen LogP contribution in [0.4, 0.5) is 0 Å². The van der Waals surface area contributed by atoms with E-state index in [9.17, 15) is 0 Å². The van der Waals surface area contributed by atoms with Crippen LogP contribution in [-0.4, -0.2) is 13.3 Å². The van der Waals surface area contributed by atoms with Crippen molar-refractivity contribution in [1.29, 1.82) is 0 Å². The lowest BCUT2D eigenvalue weighted by atomic mass is 10.2. The van der Waals surface area contributed by atoms with Gasteiger partial charge in [0.1, 0.15) is 13.2 Å². The van der Waals surface area contributed by atoms with Crippen molar-refractivity contribution >= 4 is 22.1 Å². The van der Waals surface area contributed by atoms with Gasteiger partial charge in [-0.1, -0.05) is 63.6 Å². The Hall–Kier alpha value is -2.79. The van der Waals surface area contributed by atoms with Gasteiger partial charge in [0.05, 0.1) is 13.3 Å². The van der Waals surface area contributed by atoms with Crippen LogP contribution in [0.3, 0.4) is 0 Å². The molecule has 3 aromatic carbocycles. The lowest BCUT2D eigenvalue weighted by Gasteiger charge is -2.11. The highest BCUT2D eigenvalue weighted by atomic mass is 79.9. The Balaban J connectivity index is 1.60. The van der Waals surface area contributed by atoms with Crippen molar-refractivity contribution in [2.75, 3.05) is 7.11 Å². The Morgan fingerprint density at radius 3 is 2.33 bits per heavy atom. The van der Waals surface area contributed by atoms with Crippen LogP contribution in [-0.2, 0) is 18.1 Å². The van der Waals surface area contributed by atoms with Crippen LogP contribution < -0.4 is 9.47 Å². The van der Waals surface area contributed by atoms with Crippen LogP contribution in [0.1, 0.15) is 16.7 Å². The number of oxime groups is 1. The van der Waals surface area contributed by atoms with E-state index in [1.54, 1.807) is 13.3 Å². The Morgan fingerprint density at radius 2 is 1.59 bits per heavy atom. The van der Waals surface area contributed by atoms with Crippen molar-refractivity contribution in [2.45, 2.75) is 13.2 Å². The second-order valence-corrected chi connectivity index (χ2v) is 6.73. The first kappa shape index (κ1) is 19.0. The van der Waals surface area contributed by atoms with Crippen molar-refractivity contribution in [1.82, 2.24) is 0 Å². The van der Waals surface area contributed by atoms with E-state index in [0.29, 0.717) is 24.7 Å². The van der Waals surface area contributed by atoms with Crippen LogP contribution in [0.2, 0.25) is 0 Å². The first-order chi connectivity index (χ1) is 13.2. The van der Waals surface area contributed by atoms with Gasteiger partial charge in [-0.15, -0.1) is 0 Å². The monoisotopic (exact) mass is 425 g/mol. The van der Waals surface area contributed by atoms with Crippen molar-refractivity contribution in [3.8, 4) is 11.5 Å². The molecular formula is C22H20BrNO3. The summed E-state index contributed by atoms with van der Waals surface area (Å²) in [5.41, 5.74) is 3.02. The van der Waals surface area contributed by atoms with Crippen LogP contribution in [0.25, 0.3) is 0 Å². The fourth-order valence-electron chi connectivity index (χ4n) is 2.41. The number of nitrogens with zero attached hydrogens (tertiary/aromatic N) is 1. The summed E-state index contributed by atoms with van der Waals surface area (Å²) in [5, 5.41) is 4.04. The lowest BCUT2D eigenvalue weighted by Crippen LogP contribution is -1.98. The van der Waals surface area contributed by atoms with E-state index >= 15 is 0 Å². The second-order valence-electron chi connectivity index (χ2n) is 5.82. The van der Waals surface area contributed by atoms with Gasteiger partial charge in [-0.05, 0) is 41.5 Å². The van der Waals surface area contributed by atoms with Gasteiger partial charge in [-0.25, -0.2) is 0 Å².